The van der Waals surface area contributed by atoms with Gasteiger partial charge in [-0.15, -0.1) is 0 Å². The summed E-state index contributed by atoms with van der Waals surface area (Å²) >= 11 is 0. The third-order valence-corrected chi connectivity index (χ3v) is 2.86. The van der Waals surface area contributed by atoms with Gasteiger partial charge in [0, 0.05) is 38.4 Å². The van der Waals surface area contributed by atoms with Crippen molar-refractivity contribution in [2.24, 2.45) is 0 Å². The van der Waals surface area contributed by atoms with Crippen molar-refractivity contribution in [1.29, 1.82) is 0 Å². The van der Waals surface area contributed by atoms with Gasteiger partial charge in [-0.3, -0.25) is 9.48 Å². The zero-order valence-electron chi connectivity index (χ0n) is 9.81. The van der Waals surface area contributed by atoms with Crippen LogP contribution in [0.15, 0.2) is 12.4 Å². The molecule has 1 aliphatic rings. The van der Waals surface area contributed by atoms with E-state index in [1.807, 2.05) is 18.0 Å². The van der Waals surface area contributed by atoms with Gasteiger partial charge in [-0.2, -0.15) is 5.10 Å². The molecule has 1 N–H and O–H groups in total. The smallest absolute Gasteiger partial charge is 0.257 e. The van der Waals surface area contributed by atoms with Gasteiger partial charge in [-0.1, -0.05) is 0 Å². The number of hydrogen-bond acceptors (Lipinski definition) is 3. The van der Waals surface area contributed by atoms with Gasteiger partial charge >= 0.3 is 0 Å². The summed E-state index contributed by atoms with van der Waals surface area (Å²) < 4.78 is 1.78. The van der Waals surface area contributed by atoms with Crippen molar-refractivity contribution in [2.75, 3.05) is 19.6 Å². The Morgan fingerprint density at radius 1 is 1.69 bits per heavy atom. The van der Waals surface area contributed by atoms with E-state index >= 15 is 0 Å². The first-order valence-corrected chi connectivity index (χ1v) is 5.76. The molecule has 1 aromatic rings. The number of nitrogens with zero attached hydrogens (tertiary/aromatic N) is 3. The lowest BCUT2D eigenvalue weighted by atomic mass is 10.2. The molecule has 1 unspecified atom stereocenters. The molecule has 1 atom stereocenters. The quantitative estimate of drug-likeness (QED) is 0.785. The zero-order valence-corrected chi connectivity index (χ0v) is 9.81. The first kappa shape index (κ1) is 11.1. The Bertz CT molecular complexity index is 374. The lowest BCUT2D eigenvalue weighted by Crippen LogP contribution is -2.51. The Morgan fingerprint density at radius 2 is 2.50 bits per heavy atom. The molecule has 0 saturated carbocycles. The topological polar surface area (TPSA) is 50.2 Å². The lowest BCUT2D eigenvalue weighted by Gasteiger charge is -2.31. The predicted molar refractivity (Wildman–Crippen MR) is 61.3 cm³/mol. The van der Waals surface area contributed by atoms with Gasteiger partial charge in [0.25, 0.3) is 5.91 Å². The number of nitrogens with one attached hydrogen (secondary N) is 1. The van der Waals surface area contributed by atoms with Crippen molar-refractivity contribution < 1.29 is 4.79 Å². The summed E-state index contributed by atoms with van der Waals surface area (Å²) in [5.74, 6) is 0.0908. The third-order valence-electron chi connectivity index (χ3n) is 2.86. The molecule has 0 spiro atoms. The van der Waals surface area contributed by atoms with Crippen LogP contribution in [-0.2, 0) is 6.54 Å². The fourth-order valence-electron chi connectivity index (χ4n) is 1.95. The molecule has 16 heavy (non-hydrogen) atoms. The first-order chi connectivity index (χ1) is 7.70. The van der Waals surface area contributed by atoms with Crippen molar-refractivity contribution in [3.05, 3.63) is 18.0 Å². The van der Waals surface area contributed by atoms with Crippen LogP contribution in [0.3, 0.4) is 0 Å². The molecule has 0 aromatic carbocycles. The second-order valence-corrected chi connectivity index (χ2v) is 4.19. The molecule has 5 heteroatoms. The monoisotopic (exact) mass is 222 g/mol. The van der Waals surface area contributed by atoms with Crippen molar-refractivity contribution >= 4 is 5.91 Å². The molecular weight excluding hydrogens is 204 g/mol. The molecule has 2 heterocycles. The van der Waals surface area contributed by atoms with Gasteiger partial charge in [0.1, 0.15) is 0 Å². The number of hydrogen-bond donors (Lipinski definition) is 1. The summed E-state index contributed by atoms with van der Waals surface area (Å²) in [6.45, 7) is 7.32. The number of amides is 1. The fourth-order valence-corrected chi connectivity index (χ4v) is 1.95. The molecule has 1 aliphatic heterocycles. The summed E-state index contributed by atoms with van der Waals surface area (Å²) in [4.78, 5) is 14.0. The summed E-state index contributed by atoms with van der Waals surface area (Å²) in [6.07, 6.45) is 3.47. The fraction of sp³-hybridized carbons (Fsp3) is 0.636. The van der Waals surface area contributed by atoms with Gasteiger partial charge in [0.2, 0.25) is 0 Å². The van der Waals surface area contributed by atoms with Crippen LogP contribution >= 0.6 is 0 Å². The van der Waals surface area contributed by atoms with Crippen LogP contribution in [-0.4, -0.2) is 46.3 Å². The minimum absolute atomic E-state index is 0.0908. The Balaban J connectivity index is 2.06. The summed E-state index contributed by atoms with van der Waals surface area (Å²) in [6, 6.07) is 0.374. The Labute approximate surface area is 95.4 Å². The van der Waals surface area contributed by atoms with Crippen molar-refractivity contribution in [2.45, 2.75) is 26.4 Å². The normalized spacial score (nSPS) is 21.1. The lowest BCUT2D eigenvalue weighted by molar-refractivity contribution is 0.0709. The maximum Gasteiger partial charge on any atom is 0.257 e. The van der Waals surface area contributed by atoms with Gasteiger partial charge in [0.15, 0.2) is 0 Å². The van der Waals surface area contributed by atoms with Crippen LogP contribution in [0.1, 0.15) is 24.2 Å². The average molecular weight is 222 g/mol. The maximum absolute atomic E-state index is 12.1. The average Bonchev–Trinajstić information content (AvgIpc) is 2.76. The number of carbonyl (C=O) groups is 1. The number of carbonyl (C=O) groups excluding carboxylic acids is 1. The summed E-state index contributed by atoms with van der Waals surface area (Å²) in [7, 11) is 0. The SMILES string of the molecule is CCn1cc(C(=O)N2CCNC(C)C2)cn1. The van der Waals surface area contributed by atoms with E-state index in [1.54, 1.807) is 10.9 Å². The molecule has 1 aromatic heterocycles. The van der Waals surface area contributed by atoms with E-state index in [4.69, 9.17) is 0 Å². The third kappa shape index (κ3) is 2.24. The van der Waals surface area contributed by atoms with Crippen LogP contribution in [0.25, 0.3) is 0 Å². The summed E-state index contributed by atoms with van der Waals surface area (Å²) in [5.41, 5.74) is 0.691. The molecule has 2 rings (SSSR count). The molecule has 88 valence electrons. The van der Waals surface area contributed by atoms with E-state index in [-0.39, 0.29) is 5.91 Å². The molecule has 0 aliphatic carbocycles. The number of aryl methyl sites for hydroxylation is 1. The highest BCUT2D eigenvalue weighted by Crippen LogP contribution is 2.07. The molecule has 1 amide bonds. The van der Waals surface area contributed by atoms with E-state index in [0.29, 0.717) is 11.6 Å². The van der Waals surface area contributed by atoms with Gasteiger partial charge in [-0.25, -0.2) is 0 Å². The number of piperazine rings is 1. The van der Waals surface area contributed by atoms with E-state index in [2.05, 4.69) is 17.3 Å². The maximum atomic E-state index is 12.1. The van der Waals surface area contributed by atoms with Gasteiger partial charge in [0.05, 0.1) is 11.8 Å². The van der Waals surface area contributed by atoms with Gasteiger partial charge in [-0.05, 0) is 13.8 Å². The molecule has 0 bridgehead atoms. The van der Waals surface area contributed by atoms with Crippen LogP contribution in [0.2, 0.25) is 0 Å². The van der Waals surface area contributed by atoms with Gasteiger partial charge < -0.3 is 10.2 Å². The Hall–Kier alpha value is -1.36. The van der Waals surface area contributed by atoms with Crippen LogP contribution in [0.4, 0.5) is 0 Å². The molecule has 0 radical (unpaired) electrons. The number of aromatic nitrogens is 2. The largest absolute Gasteiger partial charge is 0.336 e. The van der Waals surface area contributed by atoms with E-state index < -0.39 is 0 Å². The van der Waals surface area contributed by atoms with E-state index in [9.17, 15) is 4.79 Å². The highest BCUT2D eigenvalue weighted by molar-refractivity contribution is 5.93. The molecule has 1 fully saturated rings. The van der Waals surface area contributed by atoms with Crippen LogP contribution < -0.4 is 5.32 Å². The second-order valence-electron chi connectivity index (χ2n) is 4.19. The minimum Gasteiger partial charge on any atom is -0.336 e. The van der Waals surface area contributed by atoms with E-state index in [0.717, 1.165) is 26.2 Å². The Morgan fingerprint density at radius 3 is 3.12 bits per heavy atom. The zero-order chi connectivity index (χ0) is 11.5. The van der Waals surface area contributed by atoms with Crippen molar-refractivity contribution in [3.8, 4) is 0 Å². The Kier molecular flexibility index (Phi) is 3.24. The van der Waals surface area contributed by atoms with Crippen molar-refractivity contribution in [1.82, 2.24) is 20.0 Å². The van der Waals surface area contributed by atoms with Crippen molar-refractivity contribution in [3.63, 3.8) is 0 Å². The first-order valence-electron chi connectivity index (χ1n) is 5.76. The number of rotatable bonds is 2. The second kappa shape index (κ2) is 4.65. The molecule has 1 saturated heterocycles. The highest BCUT2D eigenvalue weighted by atomic mass is 16.2. The van der Waals surface area contributed by atoms with Crippen LogP contribution in [0, 0.1) is 0 Å². The summed E-state index contributed by atoms with van der Waals surface area (Å²) in [5, 5.41) is 7.44. The molecular formula is C11H18N4O. The highest BCUT2D eigenvalue weighted by Gasteiger charge is 2.22. The minimum atomic E-state index is 0.0908. The standard InChI is InChI=1S/C11H18N4O/c1-3-15-8-10(6-13-15)11(16)14-5-4-12-9(2)7-14/h6,8-9,12H,3-5,7H2,1-2H3. The molecule has 5 nitrogen and oxygen atoms in total. The van der Waals surface area contributed by atoms with E-state index in [1.165, 1.54) is 0 Å². The predicted octanol–water partition coefficient (Wildman–Crippen LogP) is 0.337. The van der Waals surface area contributed by atoms with Crippen LogP contribution in [0.5, 0.6) is 0 Å².